The lowest BCUT2D eigenvalue weighted by Crippen LogP contribution is -1.94. The van der Waals surface area contributed by atoms with Gasteiger partial charge in [0.2, 0.25) is 0 Å². The molecule has 2 heteroatoms. The molecule has 0 amide bonds. The van der Waals surface area contributed by atoms with Crippen LogP contribution >= 0.6 is 0 Å². The molecule has 0 unspecified atom stereocenters. The Bertz CT molecular complexity index is 336. The first kappa shape index (κ1) is 9.39. The topological polar surface area (TPSA) is 34.1 Å². The quantitative estimate of drug-likeness (QED) is 0.519. The van der Waals surface area contributed by atoms with E-state index >= 15 is 0 Å². The molecule has 1 rings (SSSR count). The second kappa shape index (κ2) is 4.36. The molecule has 0 aromatic heterocycles. The Balaban J connectivity index is 2.76. The summed E-state index contributed by atoms with van der Waals surface area (Å²) in [6, 6.07) is 8.84. The van der Waals surface area contributed by atoms with Crippen molar-refractivity contribution in [3.63, 3.8) is 0 Å². The van der Waals surface area contributed by atoms with Crippen LogP contribution in [0.25, 0.3) is 0 Å². The van der Waals surface area contributed by atoms with Crippen molar-refractivity contribution in [3.05, 3.63) is 48.0 Å². The van der Waals surface area contributed by atoms with Gasteiger partial charge < -0.3 is 0 Å². The van der Waals surface area contributed by atoms with E-state index in [2.05, 4.69) is 0 Å². The second-order valence-corrected chi connectivity index (χ2v) is 2.67. The summed E-state index contributed by atoms with van der Waals surface area (Å²) >= 11 is 0. The van der Waals surface area contributed by atoms with Crippen LogP contribution in [0.2, 0.25) is 0 Å². The van der Waals surface area contributed by atoms with Gasteiger partial charge in [0.15, 0.2) is 11.6 Å². The van der Waals surface area contributed by atoms with Gasteiger partial charge >= 0.3 is 0 Å². The summed E-state index contributed by atoms with van der Waals surface area (Å²) in [5.41, 5.74) is 0.597. The predicted molar refractivity (Wildman–Crippen MR) is 50.6 cm³/mol. The molecule has 0 bridgehead atoms. The molecule has 0 saturated heterocycles. The van der Waals surface area contributed by atoms with Crippen molar-refractivity contribution in [3.8, 4) is 0 Å². The van der Waals surface area contributed by atoms with E-state index in [9.17, 15) is 9.59 Å². The Morgan fingerprint density at radius 3 is 2.23 bits per heavy atom. The zero-order valence-corrected chi connectivity index (χ0v) is 7.36. The van der Waals surface area contributed by atoms with Crippen molar-refractivity contribution in [2.24, 2.45) is 0 Å². The van der Waals surface area contributed by atoms with E-state index in [-0.39, 0.29) is 11.6 Å². The maximum Gasteiger partial charge on any atom is 0.185 e. The molecule has 13 heavy (non-hydrogen) atoms. The van der Waals surface area contributed by atoms with Crippen LogP contribution in [0.4, 0.5) is 0 Å². The van der Waals surface area contributed by atoms with Crippen LogP contribution in [-0.4, -0.2) is 11.6 Å². The Hall–Kier alpha value is -1.70. The number of ketones is 2. The average Bonchev–Trinajstić information content (AvgIpc) is 2.15. The van der Waals surface area contributed by atoms with E-state index < -0.39 is 0 Å². The first-order chi connectivity index (χ1) is 6.20. The molecule has 0 aliphatic heterocycles. The van der Waals surface area contributed by atoms with E-state index in [0.29, 0.717) is 5.56 Å². The lowest BCUT2D eigenvalue weighted by Gasteiger charge is -1.92. The molecule has 0 N–H and O–H groups in total. The van der Waals surface area contributed by atoms with Crippen molar-refractivity contribution in [2.75, 3.05) is 0 Å². The molecule has 2 nitrogen and oxygen atoms in total. The van der Waals surface area contributed by atoms with Crippen LogP contribution in [0, 0.1) is 0 Å². The van der Waals surface area contributed by atoms with Crippen LogP contribution in [0.1, 0.15) is 17.3 Å². The van der Waals surface area contributed by atoms with Gasteiger partial charge in [-0.3, -0.25) is 9.59 Å². The Morgan fingerprint density at radius 1 is 1.08 bits per heavy atom. The minimum Gasteiger partial charge on any atom is -0.295 e. The predicted octanol–water partition coefficient (Wildman–Crippen LogP) is 2.01. The average molecular weight is 174 g/mol. The van der Waals surface area contributed by atoms with Crippen molar-refractivity contribution >= 4 is 11.6 Å². The Kier molecular flexibility index (Phi) is 3.15. The van der Waals surface area contributed by atoms with E-state index in [1.165, 1.54) is 19.1 Å². The molecule has 0 aliphatic carbocycles. The highest BCUT2D eigenvalue weighted by Crippen LogP contribution is 2.00. The number of hydrogen-bond donors (Lipinski definition) is 0. The third-order valence-electron chi connectivity index (χ3n) is 1.53. The number of carbonyl (C=O) groups excluding carboxylic acids is 2. The minimum atomic E-state index is -0.143. The largest absolute Gasteiger partial charge is 0.295 e. The van der Waals surface area contributed by atoms with Crippen molar-refractivity contribution in [1.29, 1.82) is 0 Å². The fourth-order valence-corrected chi connectivity index (χ4v) is 0.892. The van der Waals surface area contributed by atoms with Gasteiger partial charge in [-0.25, -0.2) is 0 Å². The Labute approximate surface area is 76.9 Å². The van der Waals surface area contributed by atoms with E-state index in [1.807, 2.05) is 6.07 Å². The maximum absolute atomic E-state index is 11.3. The molecule has 1 aromatic rings. The molecule has 66 valence electrons. The smallest absolute Gasteiger partial charge is 0.185 e. The number of rotatable bonds is 3. The van der Waals surface area contributed by atoms with Gasteiger partial charge in [0.25, 0.3) is 0 Å². The maximum atomic E-state index is 11.3. The monoisotopic (exact) mass is 174 g/mol. The first-order valence-corrected chi connectivity index (χ1v) is 3.98. The van der Waals surface area contributed by atoms with Crippen LogP contribution in [0.5, 0.6) is 0 Å². The van der Waals surface area contributed by atoms with Gasteiger partial charge in [-0.15, -0.1) is 0 Å². The van der Waals surface area contributed by atoms with Gasteiger partial charge in [0.1, 0.15) is 0 Å². The molecule has 0 atom stereocenters. The molecule has 1 aromatic carbocycles. The molecule has 0 aliphatic rings. The number of hydrogen-bond acceptors (Lipinski definition) is 2. The third-order valence-corrected chi connectivity index (χ3v) is 1.53. The third kappa shape index (κ3) is 3.03. The van der Waals surface area contributed by atoms with Crippen LogP contribution in [0.15, 0.2) is 42.5 Å². The number of allylic oxidation sites excluding steroid dienone is 2. The zero-order valence-electron chi connectivity index (χ0n) is 7.36. The summed E-state index contributed by atoms with van der Waals surface area (Å²) in [5.74, 6) is -0.264. The fraction of sp³-hybridized carbons (Fsp3) is 0.0909. The van der Waals surface area contributed by atoms with Crippen LogP contribution < -0.4 is 0 Å². The summed E-state index contributed by atoms with van der Waals surface area (Å²) in [6.45, 7) is 1.41. The van der Waals surface area contributed by atoms with Gasteiger partial charge in [0.05, 0.1) is 0 Å². The van der Waals surface area contributed by atoms with E-state index in [0.717, 1.165) is 0 Å². The summed E-state index contributed by atoms with van der Waals surface area (Å²) in [7, 11) is 0. The minimum absolute atomic E-state index is 0.121. The molecule has 0 spiro atoms. The van der Waals surface area contributed by atoms with Crippen molar-refractivity contribution in [2.45, 2.75) is 6.92 Å². The normalized spacial score (nSPS) is 10.2. The van der Waals surface area contributed by atoms with Crippen LogP contribution in [-0.2, 0) is 4.79 Å². The molecular weight excluding hydrogens is 164 g/mol. The fourth-order valence-electron chi connectivity index (χ4n) is 0.892. The summed E-state index contributed by atoms with van der Waals surface area (Å²) < 4.78 is 0. The highest BCUT2D eigenvalue weighted by atomic mass is 16.1. The number of carbonyl (C=O) groups is 2. The highest BCUT2D eigenvalue weighted by molar-refractivity contribution is 6.07. The van der Waals surface area contributed by atoms with Crippen LogP contribution in [0.3, 0.4) is 0 Å². The molecule has 0 fully saturated rings. The van der Waals surface area contributed by atoms with E-state index in [4.69, 9.17) is 0 Å². The lowest BCUT2D eigenvalue weighted by atomic mass is 10.1. The van der Waals surface area contributed by atoms with Gasteiger partial charge in [-0.05, 0) is 19.1 Å². The molecule has 0 radical (unpaired) electrons. The molecule has 0 saturated carbocycles. The second-order valence-electron chi connectivity index (χ2n) is 2.67. The standard InChI is InChI=1S/C11H10O2/c1-9(12)7-8-11(13)10-5-3-2-4-6-10/h2-8H,1H3/b8-7-. The lowest BCUT2D eigenvalue weighted by molar-refractivity contribution is -0.112. The molecular formula is C11H10O2. The first-order valence-electron chi connectivity index (χ1n) is 3.98. The van der Waals surface area contributed by atoms with Gasteiger partial charge in [-0.2, -0.15) is 0 Å². The number of benzene rings is 1. The highest BCUT2D eigenvalue weighted by Gasteiger charge is 1.98. The summed E-state index contributed by atoms with van der Waals surface area (Å²) in [5, 5.41) is 0. The SMILES string of the molecule is CC(=O)/C=C\C(=O)c1ccccc1. The summed E-state index contributed by atoms with van der Waals surface area (Å²) in [4.78, 5) is 21.9. The van der Waals surface area contributed by atoms with E-state index in [1.54, 1.807) is 24.3 Å². The molecule has 0 heterocycles. The zero-order chi connectivity index (χ0) is 9.68. The van der Waals surface area contributed by atoms with Crippen molar-refractivity contribution in [1.82, 2.24) is 0 Å². The van der Waals surface area contributed by atoms with Gasteiger partial charge in [-0.1, -0.05) is 30.3 Å². The Morgan fingerprint density at radius 2 is 1.69 bits per heavy atom. The van der Waals surface area contributed by atoms with Crippen molar-refractivity contribution < 1.29 is 9.59 Å². The van der Waals surface area contributed by atoms with Gasteiger partial charge in [0, 0.05) is 5.56 Å². The summed E-state index contributed by atoms with van der Waals surface area (Å²) in [6.07, 6.45) is 2.56.